The number of rotatable bonds is 11. The average molecular weight is 465 g/mol. The summed E-state index contributed by atoms with van der Waals surface area (Å²) in [5.74, 6) is 2.41. The summed E-state index contributed by atoms with van der Waals surface area (Å²) < 4.78 is 22.9. The summed E-state index contributed by atoms with van der Waals surface area (Å²) in [6.07, 6.45) is 1.93. The van der Waals surface area contributed by atoms with Gasteiger partial charge < -0.3 is 23.9 Å². The Morgan fingerprint density at radius 1 is 1.22 bits per heavy atom. The van der Waals surface area contributed by atoms with Crippen molar-refractivity contribution in [2.24, 2.45) is 0 Å². The summed E-state index contributed by atoms with van der Waals surface area (Å²) in [6, 6.07) is 7.15. The second-order valence-electron chi connectivity index (χ2n) is 7.74. The van der Waals surface area contributed by atoms with Crippen molar-refractivity contribution >= 4 is 17.5 Å². The van der Waals surface area contributed by atoms with Crippen LogP contribution in [0.25, 0.3) is 0 Å². The van der Waals surface area contributed by atoms with Gasteiger partial charge in [0, 0.05) is 25.2 Å². The van der Waals surface area contributed by atoms with Crippen molar-refractivity contribution in [3.63, 3.8) is 0 Å². The minimum atomic E-state index is -0.227. The van der Waals surface area contributed by atoms with Crippen molar-refractivity contribution in [3.8, 4) is 11.5 Å². The maximum atomic E-state index is 13.0. The van der Waals surface area contributed by atoms with E-state index >= 15 is 0 Å². The first-order valence-corrected chi connectivity index (χ1v) is 11.7. The van der Waals surface area contributed by atoms with Gasteiger partial charge in [-0.1, -0.05) is 24.9 Å². The van der Waals surface area contributed by atoms with Crippen molar-refractivity contribution in [2.75, 3.05) is 46.1 Å². The first kappa shape index (κ1) is 24.4. The van der Waals surface area contributed by atoms with E-state index in [4.69, 9.17) is 30.2 Å². The number of hydrogen-bond acceptors (Lipinski definition) is 6. The van der Waals surface area contributed by atoms with E-state index in [9.17, 15) is 4.79 Å². The van der Waals surface area contributed by atoms with E-state index in [-0.39, 0.29) is 11.9 Å². The van der Waals surface area contributed by atoms with Crippen molar-refractivity contribution in [1.29, 1.82) is 0 Å². The Morgan fingerprint density at radius 3 is 2.66 bits per heavy atom. The number of morpholine rings is 1. The number of halogens is 1. The maximum absolute atomic E-state index is 13.0. The van der Waals surface area contributed by atoms with Crippen LogP contribution in [0.15, 0.2) is 28.7 Å². The lowest BCUT2D eigenvalue weighted by Gasteiger charge is -2.33. The van der Waals surface area contributed by atoms with Crippen LogP contribution in [-0.4, -0.2) is 56.9 Å². The minimum absolute atomic E-state index is 0.0740. The van der Waals surface area contributed by atoms with Crippen LogP contribution in [0.3, 0.4) is 0 Å². The molecule has 0 bridgehead atoms. The van der Waals surface area contributed by atoms with Gasteiger partial charge >= 0.3 is 0 Å². The molecule has 1 fully saturated rings. The van der Waals surface area contributed by atoms with Crippen LogP contribution in [-0.2, 0) is 4.74 Å². The molecule has 3 rings (SSSR count). The summed E-state index contributed by atoms with van der Waals surface area (Å²) in [6.45, 7) is 10.2. The molecule has 0 spiro atoms. The average Bonchev–Trinajstić information content (AvgIpc) is 3.22. The molecule has 32 heavy (non-hydrogen) atoms. The molecule has 8 heteroatoms. The Labute approximate surface area is 195 Å². The predicted molar refractivity (Wildman–Crippen MR) is 124 cm³/mol. The highest BCUT2D eigenvalue weighted by molar-refractivity contribution is 6.32. The van der Waals surface area contributed by atoms with E-state index < -0.39 is 0 Å². The molecule has 1 aliphatic rings. The number of ether oxygens (including phenoxy) is 3. The highest BCUT2D eigenvalue weighted by Gasteiger charge is 2.26. The van der Waals surface area contributed by atoms with Gasteiger partial charge in [0.2, 0.25) is 0 Å². The molecular formula is C24H33ClN2O5. The van der Waals surface area contributed by atoms with Crippen LogP contribution >= 0.6 is 11.6 Å². The van der Waals surface area contributed by atoms with E-state index in [0.717, 1.165) is 37.5 Å². The number of furan rings is 1. The standard InChI is InChI=1S/C24H33ClN2O5/c1-4-6-11-31-23-19(25)14-18(15-22(23)30-5-2)24(28)26-16-20(21-8-7-17(3)32-21)27-9-12-29-13-10-27/h7-8,14-15,20H,4-6,9-13,16H2,1-3H3,(H,26,28). The fourth-order valence-electron chi connectivity index (χ4n) is 3.64. The smallest absolute Gasteiger partial charge is 0.251 e. The molecule has 1 atom stereocenters. The number of hydrogen-bond donors (Lipinski definition) is 1. The Kier molecular flexibility index (Phi) is 9.26. The molecule has 1 aromatic carbocycles. The zero-order valence-corrected chi connectivity index (χ0v) is 19.9. The van der Waals surface area contributed by atoms with Crippen LogP contribution in [0.4, 0.5) is 0 Å². The number of unbranched alkanes of at least 4 members (excludes halogenated alkanes) is 1. The molecule has 1 aliphatic heterocycles. The maximum Gasteiger partial charge on any atom is 0.251 e. The lowest BCUT2D eigenvalue weighted by atomic mass is 10.1. The van der Waals surface area contributed by atoms with Crippen molar-refractivity contribution in [3.05, 3.63) is 46.4 Å². The van der Waals surface area contributed by atoms with Gasteiger partial charge in [-0.05, 0) is 44.5 Å². The lowest BCUT2D eigenvalue weighted by Crippen LogP contribution is -2.43. The van der Waals surface area contributed by atoms with Crippen LogP contribution in [0.1, 0.15) is 54.6 Å². The van der Waals surface area contributed by atoms with Crippen LogP contribution in [0, 0.1) is 6.92 Å². The normalized spacial score (nSPS) is 15.4. The SMILES string of the molecule is CCCCOc1c(Cl)cc(C(=O)NCC(c2ccc(C)o2)N2CCOCC2)cc1OCC. The molecule has 1 amide bonds. The highest BCUT2D eigenvalue weighted by Crippen LogP contribution is 2.37. The predicted octanol–water partition coefficient (Wildman–Crippen LogP) is 4.62. The van der Waals surface area contributed by atoms with E-state index in [1.165, 1.54) is 0 Å². The summed E-state index contributed by atoms with van der Waals surface area (Å²) in [5, 5.41) is 3.40. The molecule has 2 aromatic rings. The van der Waals surface area contributed by atoms with Gasteiger partial charge in [-0.25, -0.2) is 0 Å². The number of carbonyl (C=O) groups excluding carboxylic acids is 1. The second kappa shape index (κ2) is 12.1. The third kappa shape index (κ3) is 6.40. The fraction of sp³-hybridized carbons (Fsp3) is 0.542. The van der Waals surface area contributed by atoms with Crippen LogP contribution in [0.2, 0.25) is 5.02 Å². The minimum Gasteiger partial charge on any atom is -0.490 e. The summed E-state index contributed by atoms with van der Waals surface area (Å²) >= 11 is 6.45. The molecule has 0 aliphatic carbocycles. The molecule has 0 radical (unpaired) electrons. The van der Waals surface area contributed by atoms with Gasteiger partial charge in [-0.2, -0.15) is 0 Å². The number of aryl methyl sites for hydroxylation is 1. The summed E-state index contributed by atoms with van der Waals surface area (Å²) in [7, 11) is 0. The van der Waals surface area contributed by atoms with Crippen molar-refractivity contribution in [2.45, 2.75) is 39.7 Å². The quantitative estimate of drug-likeness (QED) is 0.489. The zero-order chi connectivity index (χ0) is 22.9. The first-order valence-electron chi connectivity index (χ1n) is 11.3. The van der Waals surface area contributed by atoms with Crippen molar-refractivity contribution in [1.82, 2.24) is 10.2 Å². The monoisotopic (exact) mass is 464 g/mol. The molecular weight excluding hydrogens is 432 g/mol. The van der Waals surface area contributed by atoms with Crippen LogP contribution < -0.4 is 14.8 Å². The molecule has 176 valence electrons. The number of nitrogens with zero attached hydrogens (tertiary/aromatic N) is 1. The second-order valence-corrected chi connectivity index (χ2v) is 8.15. The van der Waals surface area contributed by atoms with Crippen molar-refractivity contribution < 1.29 is 23.4 Å². The third-order valence-electron chi connectivity index (χ3n) is 5.35. The van der Waals surface area contributed by atoms with Gasteiger partial charge in [0.25, 0.3) is 5.91 Å². The molecule has 1 N–H and O–H groups in total. The van der Waals surface area contributed by atoms with Gasteiger partial charge in [0.15, 0.2) is 11.5 Å². The summed E-state index contributed by atoms with van der Waals surface area (Å²) in [4.78, 5) is 15.3. The summed E-state index contributed by atoms with van der Waals surface area (Å²) in [5.41, 5.74) is 0.428. The molecule has 1 aromatic heterocycles. The topological polar surface area (TPSA) is 73.2 Å². The number of carbonyl (C=O) groups is 1. The van der Waals surface area contributed by atoms with Crippen LogP contribution in [0.5, 0.6) is 11.5 Å². The Morgan fingerprint density at radius 2 is 2.00 bits per heavy atom. The molecule has 7 nitrogen and oxygen atoms in total. The number of nitrogens with one attached hydrogen (secondary N) is 1. The molecule has 1 unspecified atom stereocenters. The van der Waals surface area contributed by atoms with Gasteiger partial charge in [0.1, 0.15) is 11.5 Å². The Hall–Kier alpha value is -2.22. The third-order valence-corrected chi connectivity index (χ3v) is 5.63. The van der Waals surface area contributed by atoms with Gasteiger partial charge in [0.05, 0.1) is 37.5 Å². The lowest BCUT2D eigenvalue weighted by molar-refractivity contribution is 0.0117. The first-order chi connectivity index (χ1) is 15.5. The molecule has 1 saturated heterocycles. The van der Waals surface area contributed by atoms with E-state index in [1.807, 2.05) is 26.0 Å². The highest BCUT2D eigenvalue weighted by atomic mass is 35.5. The Balaban J connectivity index is 1.74. The van der Waals surface area contributed by atoms with E-state index in [2.05, 4.69) is 17.1 Å². The van der Waals surface area contributed by atoms with Gasteiger partial charge in [-0.3, -0.25) is 9.69 Å². The number of amides is 1. The van der Waals surface area contributed by atoms with Gasteiger partial charge in [-0.15, -0.1) is 0 Å². The largest absolute Gasteiger partial charge is 0.490 e. The Bertz CT molecular complexity index is 879. The molecule has 0 saturated carbocycles. The fourth-order valence-corrected chi connectivity index (χ4v) is 3.91. The molecule has 2 heterocycles. The van der Waals surface area contributed by atoms with E-state index in [0.29, 0.717) is 55.1 Å². The van der Waals surface area contributed by atoms with E-state index in [1.54, 1.807) is 12.1 Å². The number of benzene rings is 1. The zero-order valence-electron chi connectivity index (χ0n) is 19.1.